The summed E-state index contributed by atoms with van der Waals surface area (Å²) < 4.78 is 0. The van der Waals surface area contributed by atoms with Crippen molar-refractivity contribution in [3.05, 3.63) is 36.0 Å². The fourth-order valence-electron chi connectivity index (χ4n) is 2.49. The van der Waals surface area contributed by atoms with Gasteiger partial charge in [-0.1, -0.05) is 32.4 Å². The highest BCUT2D eigenvalue weighted by Gasteiger charge is 2.21. The maximum atomic E-state index is 12.9. The number of benzene rings is 1. The second-order valence-corrected chi connectivity index (χ2v) is 5.36. The van der Waals surface area contributed by atoms with Gasteiger partial charge < -0.3 is 9.88 Å². The van der Waals surface area contributed by atoms with Gasteiger partial charge in [0.15, 0.2) is 0 Å². The molecule has 0 spiro atoms. The molecule has 1 N–H and O–H groups in total. The number of nitrogens with zero attached hydrogens (tertiary/aromatic N) is 1. The van der Waals surface area contributed by atoms with Gasteiger partial charge in [0.25, 0.3) is 5.91 Å². The SMILES string of the molecule is CCCCN(C(=O)c1cccc2cc[nH]c12)C(C)CC. The number of H-pyrrole nitrogens is 1. The predicted molar refractivity (Wildman–Crippen MR) is 84.0 cm³/mol. The standard InChI is InChI=1S/C17H24N2O/c1-4-6-12-19(13(3)5-2)17(20)15-9-7-8-14-10-11-18-16(14)15/h7-11,13,18H,4-6,12H2,1-3H3. The molecular weight excluding hydrogens is 248 g/mol. The van der Waals surface area contributed by atoms with Crippen LogP contribution in [-0.4, -0.2) is 28.4 Å². The first kappa shape index (κ1) is 14.6. The van der Waals surface area contributed by atoms with Gasteiger partial charge in [-0.25, -0.2) is 0 Å². The number of carbonyl (C=O) groups excluding carboxylic acids is 1. The Morgan fingerprint density at radius 2 is 2.10 bits per heavy atom. The van der Waals surface area contributed by atoms with Crippen LogP contribution in [0, 0.1) is 0 Å². The van der Waals surface area contributed by atoms with Gasteiger partial charge in [-0.15, -0.1) is 0 Å². The van der Waals surface area contributed by atoms with Gasteiger partial charge in [0.2, 0.25) is 0 Å². The Bertz CT molecular complexity index is 573. The fourth-order valence-corrected chi connectivity index (χ4v) is 2.49. The average Bonchev–Trinajstić information content (AvgIpc) is 2.95. The van der Waals surface area contributed by atoms with Gasteiger partial charge in [0, 0.05) is 24.2 Å². The van der Waals surface area contributed by atoms with E-state index in [1.165, 1.54) is 0 Å². The van der Waals surface area contributed by atoms with E-state index in [1.54, 1.807) is 0 Å². The normalized spacial score (nSPS) is 12.6. The Balaban J connectivity index is 2.33. The van der Waals surface area contributed by atoms with Gasteiger partial charge in [-0.3, -0.25) is 4.79 Å². The van der Waals surface area contributed by atoms with Crippen LogP contribution in [0.25, 0.3) is 10.9 Å². The molecule has 0 aliphatic rings. The minimum atomic E-state index is 0.140. The van der Waals surface area contributed by atoms with E-state index in [2.05, 4.69) is 25.8 Å². The molecule has 2 aromatic rings. The summed E-state index contributed by atoms with van der Waals surface area (Å²) in [7, 11) is 0. The van der Waals surface area contributed by atoms with Crippen molar-refractivity contribution in [2.45, 2.75) is 46.1 Å². The fraction of sp³-hybridized carbons (Fsp3) is 0.471. The maximum absolute atomic E-state index is 12.9. The van der Waals surface area contributed by atoms with Gasteiger partial charge >= 0.3 is 0 Å². The van der Waals surface area contributed by atoms with Crippen LogP contribution >= 0.6 is 0 Å². The molecule has 1 aromatic heterocycles. The Kier molecular flexibility index (Phi) is 4.83. The number of aromatic nitrogens is 1. The molecule has 1 aromatic carbocycles. The van der Waals surface area contributed by atoms with Crippen molar-refractivity contribution in [1.29, 1.82) is 0 Å². The van der Waals surface area contributed by atoms with Crippen LogP contribution in [0.2, 0.25) is 0 Å². The van der Waals surface area contributed by atoms with E-state index in [4.69, 9.17) is 0 Å². The number of unbranched alkanes of at least 4 members (excludes halogenated alkanes) is 1. The molecule has 3 heteroatoms. The number of carbonyl (C=O) groups is 1. The molecule has 20 heavy (non-hydrogen) atoms. The number of nitrogens with one attached hydrogen (secondary N) is 1. The molecular formula is C17H24N2O. The van der Waals surface area contributed by atoms with E-state index >= 15 is 0 Å². The van der Waals surface area contributed by atoms with E-state index in [-0.39, 0.29) is 11.9 Å². The molecule has 1 atom stereocenters. The third-order valence-corrected chi connectivity index (χ3v) is 3.95. The quantitative estimate of drug-likeness (QED) is 0.840. The Morgan fingerprint density at radius 3 is 2.80 bits per heavy atom. The van der Waals surface area contributed by atoms with Crippen LogP contribution < -0.4 is 0 Å². The largest absolute Gasteiger partial charge is 0.361 e. The predicted octanol–water partition coefficient (Wildman–Crippen LogP) is 4.21. The van der Waals surface area contributed by atoms with E-state index in [9.17, 15) is 4.79 Å². The summed E-state index contributed by atoms with van der Waals surface area (Å²) in [5, 5.41) is 1.09. The molecule has 1 unspecified atom stereocenters. The molecule has 3 nitrogen and oxygen atoms in total. The second kappa shape index (κ2) is 6.60. The average molecular weight is 272 g/mol. The lowest BCUT2D eigenvalue weighted by atomic mass is 10.1. The summed E-state index contributed by atoms with van der Waals surface area (Å²) in [6.45, 7) is 7.25. The Hall–Kier alpha value is -1.77. The summed E-state index contributed by atoms with van der Waals surface area (Å²) >= 11 is 0. The highest BCUT2D eigenvalue weighted by Crippen LogP contribution is 2.20. The van der Waals surface area contributed by atoms with Crippen molar-refractivity contribution in [2.24, 2.45) is 0 Å². The summed E-state index contributed by atoms with van der Waals surface area (Å²) in [6, 6.07) is 8.19. The first-order valence-electron chi connectivity index (χ1n) is 7.56. The number of hydrogen-bond acceptors (Lipinski definition) is 1. The number of fused-ring (bicyclic) bond motifs is 1. The van der Waals surface area contributed by atoms with Crippen molar-refractivity contribution >= 4 is 16.8 Å². The second-order valence-electron chi connectivity index (χ2n) is 5.36. The summed E-state index contributed by atoms with van der Waals surface area (Å²) in [4.78, 5) is 18.1. The molecule has 0 aliphatic carbocycles. The van der Waals surface area contributed by atoms with E-state index in [0.29, 0.717) is 0 Å². The summed E-state index contributed by atoms with van der Waals surface area (Å²) in [6.07, 6.45) is 5.03. The van der Waals surface area contributed by atoms with Crippen LogP contribution in [0.5, 0.6) is 0 Å². The van der Waals surface area contributed by atoms with Crippen LogP contribution in [0.1, 0.15) is 50.4 Å². The smallest absolute Gasteiger partial charge is 0.256 e. The lowest BCUT2D eigenvalue weighted by Gasteiger charge is -2.29. The van der Waals surface area contributed by atoms with Crippen molar-refractivity contribution in [3.63, 3.8) is 0 Å². The number of hydrogen-bond donors (Lipinski definition) is 1. The van der Waals surface area contributed by atoms with Gasteiger partial charge in [-0.2, -0.15) is 0 Å². The number of aromatic amines is 1. The third kappa shape index (κ3) is 2.87. The molecule has 0 aliphatic heterocycles. The van der Waals surface area contributed by atoms with Gasteiger partial charge in [-0.05, 0) is 31.9 Å². The van der Waals surface area contributed by atoms with E-state index < -0.39 is 0 Å². The van der Waals surface area contributed by atoms with Crippen molar-refractivity contribution in [2.75, 3.05) is 6.54 Å². The number of rotatable bonds is 6. The van der Waals surface area contributed by atoms with Crippen LogP contribution in [0.3, 0.4) is 0 Å². The van der Waals surface area contributed by atoms with Crippen molar-refractivity contribution in [1.82, 2.24) is 9.88 Å². The first-order chi connectivity index (χ1) is 9.69. The molecule has 0 saturated carbocycles. The van der Waals surface area contributed by atoms with Crippen LogP contribution in [0.15, 0.2) is 30.5 Å². The zero-order valence-corrected chi connectivity index (χ0v) is 12.6. The topological polar surface area (TPSA) is 36.1 Å². The van der Waals surface area contributed by atoms with E-state index in [1.807, 2.05) is 35.4 Å². The minimum absolute atomic E-state index is 0.140. The first-order valence-corrected chi connectivity index (χ1v) is 7.56. The molecule has 1 heterocycles. The van der Waals surface area contributed by atoms with Crippen LogP contribution in [-0.2, 0) is 0 Å². The molecule has 0 saturated heterocycles. The third-order valence-electron chi connectivity index (χ3n) is 3.95. The minimum Gasteiger partial charge on any atom is -0.361 e. The Labute approximate surface area is 121 Å². The van der Waals surface area contributed by atoms with Crippen molar-refractivity contribution in [3.8, 4) is 0 Å². The van der Waals surface area contributed by atoms with E-state index in [0.717, 1.165) is 42.3 Å². The molecule has 1 amide bonds. The molecule has 108 valence electrons. The highest BCUT2D eigenvalue weighted by atomic mass is 16.2. The molecule has 0 radical (unpaired) electrons. The number of para-hydroxylation sites is 1. The maximum Gasteiger partial charge on any atom is 0.256 e. The van der Waals surface area contributed by atoms with Crippen LogP contribution in [0.4, 0.5) is 0 Å². The van der Waals surface area contributed by atoms with Gasteiger partial charge in [0.1, 0.15) is 0 Å². The zero-order valence-electron chi connectivity index (χ0n) is 12.6. The summed E-state index contributed by atoms with van der Waals surface area (Å²) in [5.74, 6) is 0.140. The lowest BCUT2D eigenvalue weighted by molar-refractivity contribution is 0.0687. The lowest BCUT2D eigenvalue weighted by Crippen LogP contribution is -2.39. The molecule has 0 fully saturated rings. The Morgan fingerprint density at radius 1 is 1.30 bits per heavy atom. The van der Waals surface area contributed by atoms with Crippen molar-refractivity contribution < 1.29 is 4.79 Å². The zero-order chi connectivity index (χ0) is 14.5. The monoisotopic (exact) mass is 272 g/mol. The molecule has 0 bridgehead atoms. The number of amides is 1. The molecule has 2 rings (SSSR count). The summed E-state index contributed by atoms with van der Waals surface area (Å²) in [5.41, 5.74) is 1.73. The highest BCUT2D eigenvalue weighted by molar-refractivity contribution is 6.05. The van der Waals surface area contributed by atoms with Gasteiger partial charge in [0.05, 0.1) is 11.1 Å².